The predicted octanol–water partition coefficient (Wildman–Crippen LogP) is 4.29. The number of hydrogen-bond acceptors (Lipinski definition) is 2. The van der Waals surface area contributed by atoms with Crippen molar-refractivity contribution < 1.29 is 13.5 Å². The zero-order valence-electron chi connectivity index (χ0n) is 13.1. The van der Waals surface area contributed by atoms with Gasteiger partial charge in [-0.1, -0.05) is 18.0 Å². The van der Waals surface area contributed by atoms with Gasteiger partial charge in [-0.2, -0.15) is 0 Å². The number of aliphatic imine (C=N–C) groups is 1. The number of anilines is 1. The summed E-state index contributed by atoms with van der Waals surface area (Å²) in [6.07, 6.45) is 2.02. The highest BCUT2D eigenvalue weighted by Gasteiger charge is 2.34. The molecule has 0 radical (unpaired) electrons. The van der Waals surface area contributed by atoms with Gasteiger partial charge in [0.2, 0.25) is 5.92 Å². The lowest BCUT2D eigenvalue weighted by Gasteiger charge is -2.18. The van der Waals surface area contributed by atoms with Crippen molar-refractivity contribution in [3.63, 3.8) is 0 Å². The molecule has 128 valence electrons. The van der Waals surface area contributed by atoms with Crippen LogP contribution >= 0.6 is 11.6 Å². The monoisotopic (exact) mass is 345 g/mol. The highest BCUT2D eigenvalue weighted by Crippen LogP contribution is 2.35. The number of guanidine groups is 1. The Morgan fingerprint density at radius 2 is 2.26 bits per heavy atom. The minimum atomic E-state index is -2.58. The van der Waals surface area contributed by atoms with E-state index in [-0.39, 0.29) is 24.7 Å². The van der Waals surface area contributed by atoms with Crippen LogP contribution in [0.4, 0.5) is 14.5 Å². The summed E-state index contributed by atoms with van der Waals surface area (Å²) in [6, 6.07) is 5.14. The molecule has 0 spiro atoms. The molecular weight excluding hydrogens is 324 g/mol. The van der Waals surface area contributed by atoms with Gasteiger partial charge in [-0.3, -0.25) is 4.99 Å². The minimum absolute atomic E-state index is 0.0225. The lowest BCUT2D eigenvalue weighted by molar-refractivity contribution is -0.0241. The summed E-state index contributed by atoms with van der Waals surface area (Å²) in [7, 11) is 1.53. The van der Waals surface area contributed by atoms with Crippen LogP contribution < -0.4 is 15.8 Å². The first-order valence-corrected chi connectivity index (χ1v) is 8.06. The number of benzene rings is 1. The van der Waals surface area contributed by atoms with E-state index in [1.54, 1.807) is 18.2 Å². The van der Waals surface area contributed by atoms with Crippen molar-refractivity contribution in [3.05, 3.63) is 23.2 Å². The first-order chi connectivity index (χ1) is 10.9. The molecule has 0 amide bonds. The Morgan fingerprint density at radius 3 is 2.96 bits per heavy atom. The molecule has 1 unspecified atom stereocenters. The van der Waals surface area contributed by atoms with Crippen LogP contribution in [0.5, 0.6) is 5.75 Å². The third kappa shape index (κ3) is 5.53. The molecule has 0 bridgehead atoms. The summed E-state index contributed by atoms with van der Waals surface area (Å²) in [5.41, 5.74) is 6.50. The Kier molecular flexibility index (Phi) is 6.04. The Hall–Kier alpha value is -1.56. The third-order valence-electron chi connectivity index (χ3n) is 3.94. The van der Waals surface area contributed by atoms with Gasteiger partial charge in [0.05, 0.1) is 12.1 Å². The lowest BCUT2D eigenvalue weighted by atomic mass is 9.99. The van der Waals surface area contributed by atoms with E-state index in [2.05, 4.69) is 10.3 Å². The molecule has 1 aliphatic rings. The molecule has 2 rings (SSSR count). The molecule has 4 nitrogen and oxygen atoms in total. The number of nitrogens with two attached hydrogens (primary N) is 1. The molecule has 7 heteroatoms. The number of nitrogens with zero attached hydrogens (tertiary/aromatic N) is 1. The minimum Gasteiger partial charge on any atom is -0.495 e. The SMILES string of the molecule is COc1ccc(NC(N)=NCC2CCCCC(F)(F)C2)cc1Cl. The fourth-order valence-corrected chi connectivity index (χ4v) is 3.02. The Bertz CT molecular complexity index is 566. The Morgan fingerprint density at radius 1 is 1.48 bits per heavy atom. The lowest BCUT2D eigenvalue weighted by Crippen LogP contribution is -2.25. The van der Waals surface area contributed by atoms with Crippen LogP contribution in [0.2, 0.25) is 5.02 Å². The fourth-order valence-electron chi connectivity index (χ4n) is 2.76. The standard InChI is InChI=1S/C16H22ClF2N3O/c1-23-14-6-5-12(8-13(14)17)22-15(20)21-10-11-4-2-3-7-16(18,19)9-11/h5-6,8,11H,2-4,7,9-10H2,1H3,(H3,20,21,22). The molecule has 1 aromatic carbocycles. The normalized spacial score (nSPS) is 21.6. The molecule has 3 N–H and O–H groups in total. The molecule has 1 saturated carbocycles. The highest BCUT2D eigenvalue weighted by atomic mass is 35.5. The van der Waals surface area contributed by atoms with E-state index >= 15 is 0 Å². The summed E-state index contributed by atoms with van der Waals surface area (Å²) in [5, 5.41) is 3.36. The zero-order valence-corrected chi connectivity index (χ0v) is 13.9. The second-order valence-corrected chi connectivity index (χ2v) is 6.28. The average Bonchev–Trinajstić information content (AvgIpc) is 2.66. The largest absolute Gasteiger partial charge is 0.495 e. The number of alkyl halides is 2. The quantitative estimate of drug-likeness (QED) is 0.486. The van der Waals surface area contributed by atoms with Crippen LogP contribution in [0.3, 0.4) is 0 Å². The van der Waals surface area contributed by atoms with Gasteiger partial charge in [0.25, 0.3) is 0 Å². The van der Waals surface area contributed by atoms with Gasteiger partial charge in [0.15, 0.2) is 5.96 Å². The van der Waals surface area contributed by atoms with E-state index in [0.29, 0.717) is 29.4 Å². The number of rotatable bonds is 4. The van der Waals surface area contributed by atoms with Crippen LogP contribution in [0.25, 0.3) is 0 Å². The van der Waals surface area contributed by atoms with E-state index in [4.69, 9.17) is 22.1 Å². The molecule has 0 aromatic heterocycles. The molecule has 1 aromatic rings. The van der Waals surface area contributed by atoms with Crippen molar-refractivity contribution in [2.75, 3.05) is 19.0 Å². The summed E-state index contributed by atoms with van der Waals surface area (Å²) < 4.78 is 32.2. The van der Waals surface area contributed by atoms with Crippen LogP contribution in [-0.4, -0.2) is 25.5 Å². The van der Waals surface area contributed by atoms with Gasteiger partial charge < -0.3 is 15.8 Å². The molecule has 1 fully saturated rings. The molecule has 23 heavy (non-hydrogen) atoms. The van der Waals surface area contributed by atoms with Gasteiger partial charge in [-0.25, -0.2) is 8.78 Å². The maximum Gasteiger partial charge on any atom is 0.248 e. The van der Waals surface area contributed by atoms with Gasteiger partial charge in [0.1, 0.15) is 5.75 Å². The van der Waals surface area contributed by atoms with E-state index in [1.807, 2.05) is 0 Å². The van der Waals surface area contributed by atoms with Crippen LogP contribution in [0.1, 0.15) is 32.1 Å². The highest BCUT2D eigenvalue weighted by molar-refractivity contribution is 6.32. The second-order valence-electron chi connectivity index (χ2n) is 5.87. The predicted molar refractivity (Wildman–Crippen MR) is 89.6 cm³/mol. The summed E-state index contributed by atoms with van der Waals surface area (Å²) in [4.78, 5) is 4.20. The number of hydrogen-bond donors (Lipinski definition) is 2. The fraction of sp³-hybridized carbons (Fsp3) is 0.562. The van der Waals surface area contributed by atoms with E-state index in [0.717, 1.165) is 12.8 Å². The third-order valence-corrected chi connectivity index (χ3v) is 4.23. The van der Waals surface area contributed by atoms with Crippen LogP contribution in [0.15, 0.2) is 23.2 Å². The zero-order chi connectivity index (χ0) is 16.9. The van der Waals surface area contributed by atoms with E-state index in [9.17, 15) is 8.78 Å². The number of methoxy groups -OCH3 is 1. The number of halogens is 3. The van der Waals surface area contributed by atoms with Crippen molar-refractivity contribution in [1.29, 1.82) is 0 Å². The molecular formula is C16H22ClF2N3O. The van der Waals surface area contributed by atoms with Gasteiger partial charge in [0, 0.05) is 25.1 Å². The molecule has 1 atom stereocenters. The topological polar surface area (TPSA) is 59.6 Å². The summed E-state index contributed by atoms with van der Waals surface area (Å²) in [6.45, 7) is 0.304. The van der Waals surface area contributed by atoms with Crippen molar-refractivity contribution in [2.24, 2.45) is 16.6 Å². The maximum atomic E-state index is 13.6. The maximum absolute atomic E-state index is 13.6. The first-order valence-electron chi connectivity index (χ1n) is 7.68. The number of nitrogens with one attached hydrogen (secondary N) is 1. The van der Waals surface area contributed by atoms with Crippen molar-refractivity contribution in [2.45, 2.75) is 38.0 Å². The Balaban J connectivity index is 1.93. The molecule has 0 heterocycles. The van der Waals surface area contributed by atoms with E-state index < -0.39 is 5.92 Å². The average molecular weight is 346 g/mol. The summed E-state index contributed by atoms with van der Waals surface area (Å²) in [5.74, 6) is -1.96. The van der Waals surface area contributed by atoms with Gasteiger partial charge in [-0.15, -0.1) is 0 Å². The van der Waals surface area contributed by atoms with Crippen molar-refractivity contribution >= 4 is 23.2 Å². The van der Waals surface area contributed by atoms with Gasteiger partial charge in [-0.05, 0) is 37.0 Å². The second kappa shape index (κ2) is 7.81. The van der Waals surface area contributed by atoms with Crippen LogP contribution in [-0.2, 0) is 0 Å². The van der Waals surface area contributed by atoms with Crippen molar-refractivity contribution in [1.82, 2.24) is 0 Å². The van der Waals surface area contributed by atoms with E-state index in [1.165, 1.54) is 7.11 Å². The smallest absolute Gasteiger partial charge is 0.248 e. The van der Waals surface area contributed by atoms with Crippen molar-refractivity contribution in [3.8, 4) is 5.75 Å². The van der Waals surface area contributed by atoms with Crippen LogP contribution in [0, 0.1) is 5.92 Å². The molecule has 1 aliphatic carbocycles. The first kappa shape index (κ1) is 17.8. The molecule has 0 saturated heterocycles. The van der Waals surface area contributed by atoms with Gasteiger partial charge >= 0.3 is 0 Å². The molecule has 0 aliphatic heterocycles. The number of ether oxygens (including phenoxy) is 1. The summed E-state index contributed by atoms with van der Waals surface area (Å²) >= 11 is 6.03. The Labute approximate surface area is 140 Å².